The number of rotatable bonds is 0. The SMILES string of the molecule is Cc1nn2c3c(nc2s1)CCC(C)(C)C3. The van der Waals surface area contributed by atoms with Crippen molar-refractivity contribution in [3.05, 3.63) is 16.4 Å². The zero-order chi connectivity index (χ0) is 10.6. The molecule has 0 amide bonds. The topological polar surface area (TPSA) is 30.2 Å². The van der Waals surface area contributed by atoms with Gasteiger partial charge in [-0.05, 0) is 31.6 Å². The van der Waals surface area contributed by atoms with Crippen LogP contribution in [0.15, 0.2) is 0 Å². The molecule has 4 heteroatoms. The zero-order valence-corrected chi connectivity index (χ0v) is 10.2. The van der Waals surface area contributed by atoms with Crippen molar-refractivity contribution >= 4 is 16.3 Å². The highest BCUT2D eigenvalue weighted by Gasteiger charge is 2.29. The highest BCUT2D eigenvalue weighted by molar-refractivity contribution is 7.16. The zero-order valence-electron chi connectivity index (χ0n) is 9.37. The molecule has 2 aromatic rings. The molecule has 0 unspecified atom stereocenters. The Labute approximate surface area is 93.1 Å². The molecule has 0 saturated heterocycles. The number of hydrogen-bond donors (Lipinski definition) is 0. The van der Waals surface area contributed by atoms with Gasteiger partial charge in [0.05, 0.1) is 11.4 Å². The van der Waals surface area contributed by atoms with E-state index in [1.165, 1.54) is 17.8 Å². The maximum atomic E-state index is 4.66. The Morgan fingerprint density at radius 2 is 2.20 bits per heavy atom. The van der Waals surface area contributed by atoms with Gasteiger partial charge in [-0.15, -0.1) is 0 Å². The van der Waals surface area contributed by atoms with Crippen LogP contribution >= 0.6 is 11.3 Å². The van der Waals surface area contributed by atoms with E-state index in [1.807, 2.05) is 6.92 Å². The Morgan fingerprint density at radius 3 is 3.00 bits per heavy atom. The van der Waals surface area contributed by atoms with Crippen molar-refractivity contribution in [2.24, 2.45) is 5.41 Å². The number of aromatic nitrogens is 3. The molecule has 3 nitrogen and oxygen atoms in total. The first-order valence-electron chi connectivity index (χ1n) is 5.39. The Kier molecular flexibility index (Phi) is 1.75. The van der Waals surface area contributed by atoms with E-state index in [4.69, 9.17) is 0 Å². The van der Waals surface area contributed by atoms with Gasteiger partial charge in [-0.3, -0.25) is 0 Å². The Bertz CT molecular complexity index is 521. The number of nitrogens with zero attached hydrogens (tertiary/aromatic N) is 3. The molecule has 0 atom stereocenters. The maximum absolute atomic E-state index is 4.66. The van der Waals surface area contributed by atoms with Gasteiger partial charge < -0.3 is 0 Å². The molecule has 0 aliphatic heterocycles. The first-order chi connectivity index (χ1) is 7.05. The van der Waals surface area contributed by atoms with Crippen LogP contribution in [0.25, 0.3) is 4.96 Å². The summed E-state index contributed by atoms with van der Waals surface area (Å²) >= 11 is 1.69. The van der Waals surface area contributed by atoms with Gasteiger partial charge in [-0.25, -0.2) is 9.50 Å². The molecule has 0 bridgehead atoms. The molecule has 0 N–H and O–H groups in total. The van der Waals surface area contributed by atoms with Crippen LogP contribution in [0.4, 0.5) is 0 Å². The first kappa shape index (κ1) is 9.33. The van der Waals surface area contributed by atoms with Crippen molar-refractivity contribution in [3.8, 4) is 0 Å². The van der Waals surface area contributed by atoms with Crippen molar-refractivity contribution in [3.63, 3.8) is 0 Å². The van der Waals surface area contributed by atoms with Crippen molar-refractivity contribution in [1.29, 1.82) is 0 Å². The molecule has 0 spiro atoms. The predicted octanol–water partition coefficient (Wildman–Crippen LogP) is 2.61. The first-order valence-corrected chi connectivity index (χ1v) is 6.21. The van der Waals surface area contributed by atoms with Crippen molar-refractivity contribution < 1.29 is 0 Å². The molecular formula is C11H15N3S. The largest absolute Gasteiger partial charge is 0.222 e. The third-order valence-electron chi connectivity index (χ3n) is 3.16. The molecular weight excluding hydrogens is 206 g/mol. The summed E-state index contributed by atoms with van der Waals surface area (Å²) in [5.41, 5.74) is 3.01. The van der Waals surface area contributed by atoms with E-state index in [9.17, 15) is 0 Å². The summed E-state index contributed by atoms with van der Waals surface area (Å²) in [5.74, 6) is 0. The molecule has 2 heterocycles. The Hall–Kier alpha value is -0.900. The molecule has 0 aromatic carbocycles. The lowest BCUT2D eigenvalue weighted by Crippen LogP contribution is -2.23. The fourth-order valence-corrected chi connectivity index (χ4v) is 3.08. The van der Waals surface area contributed by atoms with E-state index in [0.29, 0.717) is 5.41 Å². The summed E-state index contributed by atoms with van der Waals surface area (Å²) in [6, 6.07) is 0. The summed E-state index contributed by atoms with van der Waals surface area (Å²) in [6.07, 6.45) is 3.45. The van der Waals surface area contributed by atoms with Gasteiger partial charge in [0.15, 0.2) is 0 Å². The molecule has 0 radical (unpaired) electrons. The summed E-state index contributed by atoms with van der Waals surface area (Å²) in [7, 11) is 0. The minimum atomic E-state index is 0.403. The molecule has 80 valence electrons. The van der Waals surface area contributed by atoms with Crippen molar-refractivity contribution in [2.45, 2.75) is 40.0 Å². The third kappa shape index (κ3) is 1.39. The van der Waals surface area contributed by atoms with Crippen LogP contribution in [0, 0.1) is 12.3 Å². The predicted molar refractivity (Wildman–Crippen MR) is 61.4 cm³/mol. The lowest BCUT2D eigenvalue weighted by molar-refractivity contribution is 0.307. The Morgan fingerprint density at radius 1 is 1.40 bits per heavy atom. The maximum Gasteiger partial charge on any atom is 0.212 e. The van der Waals surface area contributed by atoms with Crippen LogP contribution in [-0.2, 0) is 12.8 Å². The highest BCUT2D eigenvalue weighted by atomic mass is 32.1. The van der Waals surface area contributed by atoms with Crippen LogP contribution in [0.1, 0.15) is 36.7 Å². The number of hydrogen-bond acceptors (Lipinski definition) is 3. The fourth-order valence-electron chi connectivity index (χ4n) is 2.30. The standard InChI is InChI=1S/C11H15N3S/c1-7-13-14-9-6-11(2,3)5-4-8(9)12-10(14)15-7/h4-6H2,1-3H3. The van der Waals surface area contributed by atoms with Crippen molar-refractivity contribution in [2.75, 3.05) is 0 Å². The van der Waals surface area contributed by atoms with E-state index in [1.54, 1.807) is 11.3 Å². The van der Waals surface area contributed by atoms with Gasteiger partial charge in [0.2, 0.25) is 4.96 Å². The minimum absolute atomic E-state index is 0.403. The summed E-state index contributed by atoms with van der Waals surface area (Å²) in [5, 5.41) is 5.63. The average Bonchev–Trinajstić information content (AvgIpc) is 2.61. The second-order valence-electron chi connectivity index (χ2n) is 5.16. The number of aryl methyl sites for hydroxylation is 2. The van der Waals surface area contributed by atoms with E-state index < -0.39 is 0 Å². The summed E-state index contributed by atoms with van der Waals surface area (Å²) < 4.78 is 2.05. The molecule has 1 aliphatic rings. The third-order valence-corrected chi connectivity index (χ3v) is 3.99. The second-order valence-corrected chi connectivity index (χ2v) is 6.32. The second kappa shape index (κ2) is 2.82. The summed E-state index contributed by atoms with van der Waals surface area (Å²) in [6.45, 7) is 6.70. The molecule has 0 fully saturated rings. The van der Waals surface area contributed by atoms with Gasteiger partial charge in [-0.1, -0.05) is 25.2 Å². The van der Waals surface area contributed by atoms with Gasteiger partial charge in [0.25, 0.3) is 0 Å². The lowest BCUT2D eigenvalue weighted by Gasteiger charge is -2.28. The van der Waals surface area contributed by atoms with Crippen LogP contribution in [0.2, 0.25) is 0 Å². The van der Waals surface area contributed by atoms with Gasteiger partial charge >= 0.3 is 0 Å². The molecule has 15 heavy (non-hydrogen) atoms. The normalized spacial score (nSPS) is 19.4. The Balaban J connectivity index is 2.20. The quantitative estimate of drug-likeness (QED) is 0.684. The van der Waals surface area contributed by atoms with Crippen LogP contribution in [-0.4, -0.2) is 14.6 Å². The fraction of sp³-hybridized carbons (Fsp3) is 0.636. The van der Waals surface area contributed by atoms with E-state index in [-0.39, 0.29) is 0 Å². The van der Waals surface area contributed by atoms with E-state index >= 15 is 0 Å². The smallest absolute Gasteiger partial charge is 0.212 e. The molecule has 0 saturated carbocycles. The number of imidazole rings is 1. The van der Waals surface area contributed by atoms with Crippen LogP contribution in [0.5, 0.6) is 0 Å². The average molecular weight is 221 g/mol. The lowest BCUT2D eigenvalue weighted by atomic mass is 9.78. The minimum Gasteiger partial charge on any atom is -0.222 e. The van der Waals surface area contributed by atoms with Crippen LogP contribution < -0.4 is 0 Å². The molecule has 2 aromatic heterocycles. The van der Waals surface area contributed by atoms with Gasteiger partial charge in [-0.2, -0.15) is 5.10 Å². The summed E-state index contributed by atoms with van der Waals surface area (Å²) in [4.78, 5) is 5.72. The monoisotopic (exact) mass is 221 g/mol. The van der Waals surface area contributed by atoms with Crippen molar-refractivity contribution in [1.82, 2.24) is 14.6 Å². The molecule has 1 aliphatic carbocycles. The number of fused-ring (bicyclic) bond motifs is 3. The van der Waals surface area contributed by atoms with E-state index in [2.05, 4.69) is 28.4 Å². The van der Waals surface area contributed by atoms with Crippen LogP contribution in [0.3, 0.4) is 0 Å². The highest BCUT2D eigenvalue weighted by Crippen LogP contribution is 2.35. The van der Waals surface area contributed by atoms with E-state index in [0.717, 1.165) is 22.8 Å². The van der Waals surface area contributed by atoms with Gasteiger partial charge in [0.1, 0.15) is 5.01 Å². The van der Waals surface area contributed by atoms with Gasteiger partial charge in [0, 0.05) is 0 Å². The molecule has 3 rings (SSSR count).